The summed E-state index contributed by atoms with van der Waals surface area (Å²) in [6.07, 6.45) is 0.940. The molecule has 0 spiro atoms. The monoisotopic (exact) mass is 561 g/mol. The number of amides is 1. The molecule has 0 aromatic heterocycles. The van der Waals surface area contributed by atoms with Crippen LogP contribution >= 0.6 is 23.8 Å². The number of benzene rings is 3. The molecule has 0 heterocycles. The van der Waals surface area contributed by atoms with Crippen molar-refractivity contribution in [1.82, 2.24) is 14.9 Å². The van der Waals surface area contributed by atoms with Gasteiger partial charge in [0.15, 0.2) is 0 Å². The van der Waals surface area contributed by atoms with Crippen LogP contribution in [0.5, 0.6) is 5.75 Å². The Hall–Kier alpha value is -2.62. The summed E-state index contributed by atoms with van der Waals surface area (Å²) in [7, 11) is 1.68. The number of halogens is 2. The van der Waals surface area contributed by atoms with Crippen molar-refractivity contribution >= 4 is 29.7 Å². The maximum absolute atomic E-state index is 13.1. The van der Waals surface area contributed by atoms with Gasteiger partial charge in [-0.25, -0.2) is 8.70 Å². The third-order valence-corrected chi connectivity index (χ3v) is 6.08. The third-order valence-electron chi connectivity index (χ3n) is 5.16. The molecule has 0 saturated carbocycles. The smallest absolute Gasteiger partial charge is 0.216 e. The molecular weight excluding hydrogens is 525 g/mol. The second-order valence-electron chi connectivity index (χ2n) is 8.56. The van der Waals surface area contributed by atoms with Crippen molar-refractivity contribution in [3.8, 4) is 5.75 Å². The Morgan fingerprint density at radius 2 is 1.74 bits per heavy atom. The van der Waals surface area contributed by atoms with Gasteiger partial charge in [0.2, 0.25) is 5.91 Å². The molecule has 3 aromatic rings. The van der Waals surface area contributed by atoms with Gasteiger partial charge in [-0.2, -0.15) is 0 Å². The standard InChI is InChI=1S/C15H25N3O2S.C14H12ClFO/c1-14(19)17-10-6-9-16-11-12-18(21-20-2)13-15-7-4-3-5-8-15;1-10-6-13(16)8-14(7-10)17-9-11-2-4-12(15)5-3-11/h3-5,7-8,16H,6,9-13H2,1-2H3,(H,17,19);2-8H,9H2,1H3. The van der Waals surface area contributed by atoms with E-state index >= 15 is 0 Å². The van der Waals surface area contributed by atoms with Crippen LogP contribution in [0.2, 0.25) is 5.02 Å². The van der Waals surface area contributed by atoms with Crippen molar-refractivity contribution in [1.29, 1.82) is 0 Å². The molecule has 0 fully saturated rings. The first-order valence-electron chi connectivity index (χ1n) is 12.4. The molecule has 0 radical (unpaired) electrons. The molecule has 6 nitrogen and oxygen atoms in total. The zero-order valence-corrected chi connectivity index (χ0v) is 23.8. The van der Waals surface area contributed by atoms with E-state index in [1.807, 2.05) is 37.3 Å². The van der Waals surface area contributed by atoms with Crippen molar-refractivity contribution in [3.05, 3.63) is 100 Å². The molecule has 3 aromatic carbocycles. The van der Waals surface area contributed by atoms with Crippen LogP contribution in [0.1, 0.15) is 30.0 Å². The average Bonchev–Trinajstić information content (AvgIpc) is 2.88. The van der Waals surface area contributed by atoms with Gasteiger partial charge in [0, 0.05) is 44.2 Å². The second kappa shape index (κ2) is 18.6. The lowest BCUT2D eigenvalue weighted by atomic mass is 10.2. The van der Waals surface area contributed by atoms with Crippen LogP contribution in [0.25, 0.3) is 0 Å². The first-order valence-corrected chi connectivity index (χ1v) is 13.5. The first kappa shape index (κ1) is 31.6. The number of ether oxygens (including phenoxy) is 1. The van der Waals surface area contributed by atoms with Gasteiger partial charge < -0.3 is 19.6 Å². The molecule has 0 aliphatic rings. The predicted octanol–water partition coefficient (Wildman–Crippen LogP) is 6.18. The maximum atomic E-state index is 13.1. The van der Waals surface area contributed by atoms with Gasteiger partial charge in [-0.05, 0) is 60.8 Å². The van der Waals surface area contributed by atoms with Gasteiger partial charge in [-0.3, -0.25) is 4.79 Å². The highest BCUT2D eigenvalue weighted by atomic mass is 35.5. The van der Waals surface area contributed by atoms with Crippen molar-refractivity contribution in [2.24, 2.45) is 0 Å². The Morgan fingerprint density at radius 1 is 1.00 bits per heavy atom. The molecular formula is C29H37ClFN3O3S. The highest BCUT2D eigenvalue weighted by molar-refractivity contribution is 7.92. The minimum absolute atomic E-state index is 0.0283. The average molecular weight is 562 g/mol. The zero-order chi connectivity index (χ0) is 27.6. The highest BCUT2D eigenvalue weighted by Gasteiger charge is 2.06. The van der Waals surface area contributed by atoms with Gasteiger partial charge in [0.05, 0.1) is 19.3 Å². The van der Waals surface area contributed by atoms with Gasteiger partial charge >= 0.3 is 0 Å². The summed E-state index contributed by atoms with van der Waals surface area (Å²) >= 11 is 7.16. The zero-order valence-electron chi connectivity index (χ0n) is 22.2. The normalized spacial score (nSPS) is 10.6. The summed E-state index contributed by atoms with van der Waals surface area (Å²) in [5, 5.41) is 6.85. The summed E-state index contributed by atoms with van der Waals surface area (Å²) in [5.74, 6) is 0.286. The lowest BCUT2D eigenvalue weighted by Crippen LogP contribution is -2.30. The molecule has 9 heteroatoms. The van der Waals surface area contributed by atoms with E-state index in [0.717, 1.165) is 50.3 Å². The molecule has 0 bridgehead atoms. The summed E-state index contributed by atoms with van der Waals surface area (Å²) in [6, 6.07) is 22.4. The minimum Gasteiger partial charge on any atom is -0.489 e. The molecule has 0 aliphatic heterocycles. The van der Waals surface area contributed by atoms with Gasteiger partial charge in [0.25, 0.3) is 0 Å². The molecule has 2 N–H and O–H groups in total. The SMILES string of the molecule is COSN(CCNCCCNC(C)=O)Cc1ccccc1.Cc1cc(F)cc(OCc2ccc(Cl)cc2)c1. The van der Waals surface area contributed by atoms with Gasteiger partial charge in [0.1, 0.15) is 18.2 Å². The molecule has 38 heavy (non-hydrogen) atoms. The quantitative estimate of drug-likeness (QED) is 0.139. The fourth-order valence-electron chi connectivity index (χ4n) is 3.38. The van der Waals surface area contributed by atoms with Crippen LogP contribution in [0.3, 0.4) is 0 Å². The van der Waals surface area contributed by atoms with Gasteiger partial charge in [-0.15, -0.1) is 0 Å². The molecule has 0 aliphatic carbocycles. The Bertz CT molecular complexity index is 1050. The Kier molecular flexibility index (Phi) is 15.5. The van der Waals surface area contributed by atoms with E-state index in [-0.39, 0.29) is 11.7 Å². The number of carbonyl (C=O) groups is 1. The summed E-state index contributed by atoms with van der Waals surface area (Å²) in [4.78, 5) is 10.7. The van der Waals surface area contributed by atoms with E-state index in [4.69, 9.17) is 20.5 Å². The number of aryl methyl sites for hydroxylation is 1. The molecule has 0 saturated heterocycles. The van der Waals surface area contributed by atoms with Crippen molar-refractivity contribution in [3.63, 3.8) is 0 Å². The molecule has 1 amide bonds. The van der Waals surface area contributed by atoms with Crippen molar-refractivity contribution in [2.45, 2.75) is 33.4 Å². The molecule has 0 atom stereocenters. The van der Waals surface area contributed by atoms with E-state index in [9.17, 15) is 9.18 Å². The topological polar surface area (TPSA) is 62.8 Å². The van der Waals surface area contributed by atoms with Crippen LogP contribution in [-0.2, 0) is 22.1 Å². The fourth-order valence-corrected chi connectivity index (χ4v) is 4.08. The van der Waals surface area contributed by atoms with E-state index in [1.54, 1.807) is 25.3 Å². The largest absolute Gasteiger partial charge is 0.489 e. The maximum Gasteiger partial charge on any atom is 0.216 e. The Morgan fingerprint density at radius 3 is 2.39 bits per heavy atom. The number of nitrogens with one attached hydrogen (secondary N) is 2. The summed E-state index contributed by atoms with van der Waals surface area (Å²) in [5.41, 5.74) is 3.11. The van der Waals surface area contributed by atoms with E-state index in [2.05, 4.69) is 27.1 Å². The van der Waals surface area contributed by atoms with Crippen molar-refractivity contribution < 1.29 is 18.1 Å². The van der Waals surface area contributed by atoms with Crippen LogP contribution in [0.15, 0.2) is 72.8 Å². The van der Waals surface area contributed by atoms with Crippen LogP contribution in [-0.4, -0.2) is 43.5 Å². The lowest BCUT2D eigenvalue weighted by molar-refractivity contribution is -0.118. The molecule has 0 unspecified atom stereocenters. The number of rotatable bonds is 14. The first-order chi connectivity index (χ1) is 18.4. The Balaban J connectivity index is 0.000000272. The van der Waals surface area contributed by atoms with E-state index in [1.165, 1.54) is 36.8 Å². The number of nitrogens with zero attached hydrogens (tertiary/aromatic N) is 1. The lowest BCUT2D eigenvalue weighted by Gasteiger charge is -2.19. The van der Waals surface area contributed by atoms with Crippen molar-refractivity contribution in [2.75, 3.05) is 33.3 Å². The highest BCUT2D eigenvalue weighted by Crippen LogP contribution is 2.18. The Labute approximate surface area is 235 Å². The molecule has 206 valence electrons. The molecule has 3 rings (SSSR count). The number of hydrogen-bond donors (Lipinski definition) is 2. The second-order valence-corrected chi connectivity index (χ2v) is 9.99. The minimum atomic E-state index is -0.281. The number of hydrogen-bond acceptors (Lipinski definition) is 6. The summed E-state index contributed by atoms with van der Waals surface area (Å²) < 4.78 is 26.0. The van der Waals surface area contributed by atoms with Crippen LogP contribution in [0, 0.1) is 12.7 Å². The van der Waals surface area contributed by atoms with Crippen LogP contribution in [0.4, 0.5) is 4.39 Å². The van der Waals surface area contributed by atoms with Crippen LogP contribution < -0.4 is 15.4 Å². The number of carbonyl (C=O) groups excluding carboxylic acids is 1. The van der Waals surface area contributed by atoms with E-state index < -0.39 is 0 Å². The predicted molar refractivity (Wildman–Crippen MR) is 155 cm³/mol. The van der Waals surface area contributed by atoms with Gasteiger partial charge in [-0.1, -0.05) is 54.1 Å². The fraction of sp³-hybridized carbons (Fsp3) is 0.345. The van der Waals surface area contributed by atoms with E-state index in [0.29, 0.717) is 17.4 Å². The third kappa shape index (κ3) is 14.4. The summed E-state index contributed by atoms with van der Waals surface area (Å²) in [6.45, 7) is 8.04.